The lowest BCUT2D eigenvalue weighted by Gasteiger charge is -2.43. The van der Waals surface area contributed by atoms with Gasteiger partial charge in [0.15, 0.2) is 0 Å². The maximum atomic E-state index is 11.6. The van der Waals surface area contributed by atoms with E-state index in [1.165, 1.54) is 0 Å². The zero-order chi connectivity index (χ0) is 13.6. The van der Waals surface area contributed by atoms with Gasteiger partial charge < -0.3 is 15.0 Å². The molecule has 0 radical (unpaired) electrons. The first-order valence-electron chi connectivity index (χ1n) is 6.34. The summed E-state index contributed by atoms with van der Waals surface area (Å²) in [5.41, 5.74) is 1.97. The number of hydrogen-bond donors (Lipinski definition) is 1. The lowest BCUT2D eigenvalue weighted by Crippen LogP contribution is -2.53. The van der Waals surface area contributed by atoms with Gasteiger partial charge in [-0.3, -0.25) is 9.59 Å². The van der Waals surface area contributed by atoms with Gasteiger partial charge in [-0.25, -0.2) is 0 Å². The van der Waals surface area contributed by atoms with Gasteiger partial charge in [0, 0.05) is 12.2 Å². The van der Waals surface area contributed by atoms with E-state index in [-0.39, 0.29) is 5.54 Å². The highest BCUT2D eigenvalue weighted by atomic mass is 16.5. The molecule has 1 aromatic rings. The van der Waals surface area contributed by atoms with Gasteiger partial charge in [0.2, 0.25) is 0 Å². The molecule has 1 saturated heterocycles. The van der Waals surface area contributed by atoms with Crippen LogP contribution in [0.2, 0.25) is 0 Å². The molecule has 0 bridgehead atoms. The Morgan fingerprint density at radius 3 is 2.84 bits per heavy atom. The third kappa shape index (κ3) is 1.90. The number of rotatable bonds is 1. The second kappa shape index (κ2) is 4.06. The summed E-state index contributed by atoms with van der Waals surface area (Å²) in [5.74, 6) is -1.00. The van der Waals surface area contributed by atoms with Gasteiger partial charge in [-0.05, 0) is 32.0 Å². The highest BCUT2D eigenvalue weighted by Crippen LogP contribution is 2.32. The van der Waals surface area contributed by atoms with Crippen LogP contribution in [0.3, 0.4) is 0 Å². The van der Waals surface area contributed by atoms with E-state index in [9.17, 15) is 9.59 Å². The molecule has 1 fully saturated rings. The zero-order valence-electron chi connectivity index (χ0n) is 11.0. The number of hydrogen-bond acceptors (Lipinski definition) is 4. The van der Waals surface area contributed by atoms with Crippen molar-refractivity contribution in [2.24, 2.45) is 0 Å². The highest BCUT2D eigenvalue weighted by molar-refractivity contribution is 6.51. The number of amides is 1. The molecule has 0 spiro atoms. The third-order valence-corrected chi connectivity index (χ3v) is 3.66. The summed E-state index contributed by atoms with van der Waals surface area (Å²) in [6.45, 7) is 6.38. The van der Waals surface area contributed by atoms with E-state index in [2.05, 4.69) is 24.1 Å². The van der Waals surface area contributed by atoms with Crippen LogP contribution in [0.25, 0.3) is 0 Å². The molecule has 0 saturated carbocycles. The maximum Gasteiger partial charge on any atom is 0.296 e. The van der Waals surface area contributed by atoms with Crippen molar-refractivity contribution < 1.29 is 14.3 Å². The summed E-state index contributed by atoms with van der Waals surface area (Å²) >= 11 is 0. The first-order valence-corrected chi connectivity index (χ1v) is 6.34. The van der Waals surface area contributed by atoms with Crippen LogP contribution in [0.4, 0.5) is 11.4 Å². The predicted molar refractivity (Wildman–Crippen MR) is 71.6 cm³/mol. The Hall–Kier alpha value is -1.88. The predicted octanol–water partition coefficient (Wildman–Crippen LogP) is 1.44. The Kier molecular flexibility index (Phi) is 2.60. The van der Waals surface area contributed by atoms with E-state index < -0.39 is 11.7 Å². The summed E-state index contributed by atoms with van der Waals surface area (Å²) in [7, 11) is 0. The monoisotopic (exact) mass is 260 g/mol. The lowest BCUT2D eigenvalue weighted by atomic mass is 10.0. The van der Waals surface area contributed by atoms with Gasteiger partial charge in [0.05, 0.1) is 30.0 Å². The van der Waals surface area contributed by atoms with E-state index in [0.29, 0.717) is 24.5 Å². The fraction of sp³-hybridized carbons (Fsp3) is 0.429. The minimum absolute atomic E-state index is 0.0981. The molecule has 0 atom stereocenters. The van der Waals surface area contributed by atoms with E-state index in [0.717, 1.165) is 12.2 Å². The van der Waals surface area contributed by atoms with Gasteiger partial charge in [-0.1, -0.05) is 0 Å². The number of Topliss-reactive ketones (excluding diaryl/α,β-unsaturated/α-hetero) is 1. The van der Waals surface area contributed by atoms with Crippen LogP contribution in [-0.4, -0.2) is 37.0 Å². The van der Waals surface area contributed by atoms with E-state index in [1.54, 1.807) is 6.07 Å². The average Bonchev–Trinajstić information content (AvgIpc) is 2.64. The summed E-state index contributed by atoms with van der Waals surface area (Å²) in [4.78, 5) is 25.2. The number of fused-ring (bicyclic) bond motifs is 1. The van der Waals surface area contributed by atoms with Crippen LogP contribution in [0.1, 0.15) is 24.2 Å². The molecule has 100 valence electrons. The first-order chi connectivity index (χ1) is 8.99. The number of ketones is 1. The third-order valence-electron chi connectivity index (χ3n) is 3.66. The molecule has 5 nitrogen and oxygen atoms in total. The second-order valence-electron chi connectivity index (χ2n) is 5.53. The Balaban J connectivity index is 1.97. The number of morpholine rings is 1. The molecular weight excluding hydrogens is 244 g/mol. The molecule has 1 amide bonds. The van der Waals surface area contributed by atoms with E-state index >= 15 is 0 Å². The van der Waals surface area contributed by atoms with Crippen molar-refractivity contribution in [2.45, 2.75) is 19.4 Å². The van der Waals surface area contributed by atoms with Gasteiger partial charge in [0.1, 0.15) is 0 Å². The first kappa shape index (κ1) is 12.2. The van der Waals surface area contributed by atoms with Crippen LogP contribution in [0.5, 0.6) is 0 Å². The summed E-state index contributed by atoms with van der Waals surface area (Å²) in [6, 6.07) is 5.48. The Morgan fingerprint density at radius 1 is 1.32 bits per heavy atom. The molecule has 19 heavy (non-hydrogen) atoms. The summed E-state index contributed by atoms with van der Waals surface area (Å²) in [5, 5.41) is 2.61. The molecule has 0 aromatic heterocycles. The Labute approximate surface area is 111 Å². The van der Waals surface area contributed by atoms with Crippen molar-refractivity contribution in [3.05, 3.63) is 23.8 Å². The number of carbonyl (C=O) groups is 2. The standard InChI is InChI=1S/C14H16N2O3/c1-14(2)8-19-6-5-16(14)9-3-4-10-11(7-9)15-13(18)12(10)17/h3-4,7H,5-6,8H2,1-2H3,(H,15,17,18). The van der Waals surface area contributed by atoms with E-state index in [1.807, 2.05) is 12.1 Å². The van der Waals surface area contributed by atoms with Crippen molar-refractivity contribution in [1.82, 2.24) is 0 Å². The molecular formula is C14H16N2O3. The molecule has 5 heteroatoms. The maximum absolute atomic E-state index is 11.6. The highest BCUT2D eigenvalue weighted by Gasteiger charge is 2.33. The summed E-state index contributed by atoms with van der Waals surface area (Å²) < 4.78 is 5.50. The minimum Gasteiger partial charge on any atom is -0.377 e. The molecule has 2 aliphatic rings. The van der Waals surface area contributed by atoms with Gasteiger partial charge >= 0.3 is 0 Å². The number of anilines is 2. The molecule has 2 heterocycles. The SMILES string of the molecule is CC1(C)COCCN1c1ccc2c(c1)NC(=O)C2=O. The largest absolute Gasteiger partial charge is 0.377 e. The molecule has 3 rings (SSSR count). The molecule has 1 aromatic carbocycles. The molecule has 0 aliphatic carbocycles. The van der Waals surface area contributed by atoms with Crippen molar-refractivity contribution in [1.29, 1.82) is 0 Å². The van der Waals surface area contributed by atoms with Crippen LogP contribution >= 0.6 is 0 Å². The van der Waals surface area contributed by atoms with Crippen molar-refractivity contribution in [2.75, 3.05) is 30.0 Å². The summed E-state index contributed by atoms with van der Waals surface area (Å²) in [6.07, 6.45) is 0. The topological polar surface area (TPSA) is 58.6 Å². The second-order valence-corrected chi connectivity index (χ2v) is 5.53. The van der Waals surface area contributed by atoms with Gasteiger partial charge in [-0.2, -0.15) is 0 Å². The average molecular weight is 260 g/mol. The Morgan fingerprint density at radius 2 is 2.11 bits per heavy atom. The molecule has 1 N–H and O–H groups in total. The zero-order valence-corrected chi connectivity index (χ0v) is 11.0. The van der Waals surface area contributed by atoms with Crippen LogP contribution < -0.4 is 10.2 Å². The number of carbonyl (C=O) groups excluding carboxylic acids is 2. The van der Waals surface area contributed by atoms with Crippen molar-refractivity contribution >= 4 is 23.1 Å². The van der Waals surface area contributed by atoms with Gasteiger partial charge in [-0.15, -0.1) is 0 Å². The smallest absolute Gasteiger partial charge is 0.296 e. The molecule has 0 unspecified atom stereocenters. The number of nitrogens with zero attached hydrogens (tertiary/aromatic N) is 1. The van der Waals surface area contributed by atoms with Crippen molar-refractivity contribution in [3.63, 3.8) is 0 Å². The fourth-order valence-corrected chi connectivity index (χ4v) is 2.64. The number of ether oxygens (including phenoxy) is 1. The van der Waals surface area contributed by atoms with Crippen LogP contribution in [0.15, 0.2) is 18.2 Å². The minimum atomic E-state index is -0.548. The fourth-order valence-electron chi connectivity index (χ4n) is 2.64. The van der Waals surface area contributed by atoms with E-state index in [4.69, 9.17) is 4.74 Å². The van der Waals surface area contributed by atoms with Crippen LogP contribution in [-0.2, 0) is 9.53 Å². The quantitative estimate of drug-likeness (QED) is 0.776. The lowest BCUT2D eigenvalue weighted by molar-refractivity contribution is -0.112. The number of nitrogens with one attached hydrogen (secondary N) is 1. The Bertz CT molecular complexity index is 566. The molecule has 2 aliphatic heterocycles. The van der Waals surface area contributed by atoms with Crippen LogP contribution in [0, 0.1) is 0 Å². The number of benzene rings is 1. The van der Waals surface area contributed by atoms with Gasteiger partial charge in [0.25, 0.3) is 11.7 Å². The van der Waals surface area contributed by atoms with Crippen molar-refractivity contribution in [3.8, 4) is 0 Å². The normalized spacial score (nSPS) is 21.3.